The van der Waals surface area contributed by atoms with Crippen LogP contribution in [0.1, 0.15) is 39.0 Å². The lowest BCUT2D eigenvalue weighted by molar-refractivity contribution is -0.138. The van der Waals surface area contributed by atoms with Crippen molar-refractivity contribution in [1.29, 1.82) is 0 Å². The Bertz CT molecular complexity index is 700. The maximum absolute atomic E-state index is 14.5. The van der Waals surface area contributed by atoms with Crippen LogP contribution in [0, 0.1) is 17.7 Å². The quantitative estimate of drug-likeness (QED) is 0.579. The highest BCUT2D eigenvalue weighted by molar-refractivity contribution is 9.10. The van der Waals surface area contributed by atoms with Crippen molar-refractivity contribution in [2.24, 2.45) is 11.8 Å². The van der Waals surface area contributed by atoms with Crippen LogP contribution in [0.25, 0.3) is 0 Å². The maximum Gasteiger partial charge on any atom is 0.295 e. The molecule has 0 radical (unpaired) electrons. The SMILES string of the molecule is CC(=O)C1C(=O)C(=O)N(c2ccc(Br)cc2F)[C@@H]1C1CCCCC1. The lowest BCUT2D eigenvalue weighted by Crippen LogP contribution is -2.43. The molecule has 1 aromatic carbocycles. The highest BCUT2D eigenvalue weighted by Gasteiger charge is 2.53. The van der Waals surface area contributed by atoms with Crippen LogP contribution in [0.2, 0.25) is 0 Å². The molecule has 1 amide bonds. The molecule has 1 aliphatic heterocycles. The number of benzene rings is 1. The van der Waals surface area contributed by atoms with Crippen molar-refractivity contribution in [3.8, 4) is 0 Å². The van der Waals surface area contributed by atoms with E-state index < -0.39 is 29.5 Å². The van der Waals surface area contributed by atoms with Crippen molar-refractivity contribution in [2.75, 3.05) is 4.90 Å². The fraction of sp³-hybridized carbons (Fsp3) is 0.500. The van der Waals surface area contributed by atoms with Crippen LogP contribution in [-0.2, 0) is 14.4 Å². The Kier molecular flexibility index (Phi) is 4.85. The van der Waals surface area contributed by atoms with E-state index in [-0.39, 0.29) is 17.4 Å². The van der Waals surface area contributed by atoms with Gasteiger partial charge in [-0.1, -0.05) is 35.2 Å². The van der Waals surface area contributed by atoms with E-state index in [1.54, 1.807) is 6.07 Å². The zero-order chi connectivity index (χ0) is 17.4. The van der Waals surface area contributed by atoms with Crippen LogP contribution in [-0.4, -0.2) is 23.5 Å². The first-order chi connectivity index (χ1) is 11.4. The number of ketones is 2. The smallest absolute Gasteiger partial charge is 0.295 e. The van der Waals surface area contributed by atoms with Crippen molar-refractivity contribution in [3.05, 3.63) is 28.5 Å². The molecule has 4 nitrogen and oxygen atoms in total. The first-order valence-corrected chi connectivity index (χ1v) is 9.04. The number of hydrogen-bond donors (Lipinski definition) is 0. The molecule has 24 heavy (non-hydrogen) atoms. The van der Waals surface area contributed by atoms with Crippen LogP contribution >= 0.6 is 15.9 Å². The zero-order valence-corrected chi connectivity index (χ0v) is 15.0. The van der Waals surface area contributed by atoms with E-state index in [0.717, 1.165) is 32.1 Å². The molecule has 0 spiro atoms. The largest absolute Gasteiger partial charge is 0.299 e. The first-order valence-electron chi connectivity index (χ1n) is 8.24. The molecule has 1 aromatic rings. The molecule has 1 saturated carbocycles. The third kappa shape index (κ3) is 2.92. The standard InChI is InChI=1S/C18H19BrFNO3/c1-10(22)15-16(11-5-3-2-4-6-11)21(18(24)17(15)23)14-8-7-12(19)9-13(14)20/h7-9,11,15-16H,2-6H2,1H3/t15?,16-/m1/s1. The number of hydrogen-bond acceptors (Lipinski definition) is 3. The Morgan fingerprint density at radius 3 is 2.46 bits per heavy atom. The van der Waals surface area contributed by atoms with E-state index in [4.69, 9.17) is 0 Å². The number of amides is 1. The summed E-state index contributed by atoms with van der Waals surface area (Å²) in [6, 6.07) is 3.82. The molecule has 2 fully saturated rings. The molecule has 0 aromatic heterocycles. The molecule has 6 heteroatoms. The monoisotopic (exact) mass is 395 g/mol. The minimum absolute atomic E-state index is 0.0473. The lowest BCUT2D eigenvalue weighted by Gasteiger charge is -2.35. The van der Waals surface area contributed by atoms with Crippen molar-refractivity contribution in [2.45, 2.75) is 45.1 Å². The minimum atomic E-state index is -0.983. The molecule has 1 unspecified atom stereocenters. The lowest BCUT2D eigenvalue weighted by atomic mass is 9.77. The molecule has 1 saturated heterocycles. The molecular formula is C18H19BrFNO3. The highest BCUT2D eigenvalue weighted by Crippen LogP contribution is 2.40. The molecule has 1 heterocycles. The Hall–Kier alpha value is -1.56. The second-order valence-corrected chi connectivity index (χ2v) is 7.53. The number of anilines is 1. The van der Waals surface area contributed by atoms with Gasteiger partial charge < -0.3 is 0 Å². The third-order valence-corrected chi connectivity index (χ3v) is 5.59. The van der Waals surface area contributed by atoms with E-state index >= 15 is 0 Å². The fourth-order valence-corrected chi connectivity index (χ4v) is 4.35. The van der Waals surface area contributed by atoms with Crippen LogP contribution in [0.4, 0.5) is 10.1 Å². The van der Waals surface area contributed by atoms with E-state index in [2.05, 4.69) is 15.9 Å². The number of carbonyl (C=O) groups is 3. The predicted molar refractivity (Wildman–Crippen MR) is 91.1 cm³/mol. The summed E-state index contributed by atoms with van der Waals surface area (Å²) in [4.78, 5) is 38.3. The van der Waals surface area contributed by atoms with Gasteiger partial charge >= 0.3 is 0 Å². The average molecular weight is 396 g/mol. The first kappa shape index (κ1) is 17.3. The van der Waals surface area contributed by atoms with Gasteiger partial charge in [-0.25, -0.2) is 4.39 Å². The summed E-state index contributed by atoms with van der Waals surface area (Å²) < 4.78 is 15.0. The minimum Gasteiger partial charge on any atom is -0.299 e. The number of carbonyl (C=O) groups excluding carboxylic acids is 3. The van der Waals surface area contributed by atoms with Gasteiger partial charge in [-0.05, 0) is 43.9 Å². The third-order valence-electron chi connectivity index (χ3n) is 5.09. The number of rotatable bonds is 3. The van der Waals surface area contributed by atoms with Gasteiger partial charge in [0.25, 0.3) is 5.91 Å². The van der Waals surface area contributed by atoms with Crippen molar-refractivity contribution >= 4 is 39.1 Å². The van der Waals surface area contributed by atoms with Gasteiger partial charge in [-0.2, -0.15) is 0 Å². The van der Waals surface area contributed by atoms with Crippen molar-refractivity contribution in [1.82, 2.24) is 0 Å². The molecular weight excluding hydrogens is 377 g/mol. The Morgan fingerprint density at radius 2 is 1.88 bits per heavy atom. The summed E-state index contributed by atoms with van der Waals surface area (Å²) in [5.74, 6) is -3.30. The van der Waals surface area contributed by atoms with E-state index in [9.17, 15) is 18.8 Å². The Balaban J connectivity index is 2.07. The second-order valence-electron chi connectivity index (χ2n) is 6.61. The number of halogens is 2. The number of nitrogens with zero attached hydrogens (tertiary/aromatic N) is 1. The summed E-state index contributed by atoms with van der Waals surface area (Å²) in [6.45, 7) is 1.34. The fourth-order valence-electron chi connectivity index (χ4n) is 4.02. The maximum atomic E-state index is 14.5. The molecule has 2 atom stereocenters. The van der Waals surface area contributed by atoms with Gasteiger partial charge in [-0.3, -0.25) is 19.3 Å². The summed E-state index contributed by atoms with van der Waals surface area (Å²) in [5, 5.41) is 0. The number of Topliss-reactive ketones (excluding diaryl/α,β-unsaturated/α-hetero) is 2. The van der Waals surface area contributed by atoms with Gasteiger partial charge in [0, 0.05) is 4.47 Å². The van der Waals surface area contributed by atoms with Crippen LogP contribution in [0.3, 0.4) is 0 Å². The topological polar surface area (TPSA) is 54.5 Å². The highest BCUT2D eigenvalue weighted by atomic mass is 79.9. The van der Waals surface area contributed by atoms with Crippen LogP contribution in [0.15, 0.2) is 22.7 Å². The molecule has 128 valence electrons. The van der Waals surface area contributed by atoms with Crippen molar-refractivity contribution < 1.29 is 18.8 Å². The van der Waals surface area contributed by atoms with Gasteiger partial charge in [0.2, 0.25) is 5.78 Å². The molecule has 0 N–H and O–H groups in total. The zero-order valence-electron chi connectivity index (χ0n) is 13.4. The van der Waals surface area contributed by atoms with Crippen LogP contribution < -0.4 is 4.90 Å². The molecule has 3 rings (SSSR count). The van der Waals surface area contributed by atoms with Gasteiger partial charge in [0.1, 0.15) is 17.5 Å². The van der Waals surface area contributed by atoms with E-state index in [1.807, 2.05) is 0 Å². The van der Waals surface area contributed by atoms with Gasteiger partial charge in [-0.15, -0.1) is 0 Å². The normalized spacial score (nSPS) is 25.4. The molecule has 2 aliphatic rings. The summed E-state index contributed by atoms with van der Waals surface area (Å²) in [7, 11) is 0. The van der Waals surface area contributed by atoms with E-state index in [1.165, 1.54) is 24.0 Å². The Labute approximate surface area is 148 Å². The van der Waals surface area contributed by atoms with Gasteiger partial charge in [0.05, 0.1) is 11.7 Å². The average Bonchev–Trinajstić information content (AvgIpc) is 2.81. The molecule has 1 aliphatic carbocycles. The summed E-state index contributed by atoms with van der Waals surface area (Å²) >= 11 is 3.19. The summed E-state index contributed by atoms with van der Waals surface area (Å²) in [6.07, 6.45) is 4.82. The predicted octanol–water partition coefficient (Wildman–Crippen LogP) is 3.66. The van der Waals surface area contributed by atoms with Gasteiger partial charge in [0.15, 0.2) is 0 Å². The van der Waals surface area contributed by atoms with Crippen LogP contribution in [0.5, 0.6) is 0 Å². The second kappa shape index (κ2) is 6.75. The van der Waals surface area contributed by atoms with E-state index in [0.29, 0.717) is 4.47 Å². The van der Waals surface area contributed by atoms with Crippen molar-refractivity contribution in [3.63, 3.8) is 0 Å². The summed E-state index contributed by atoms with van der Waals surface area (Å²) in [5.41, 5.74) is 0.0795. The molecule has 0 bridgehead atoms. The Morgan fingerprint density at radius 1 is 1.21 bits per heavy atom.